The van der Waals surface area contributed by atoms with Crippen LogP contribution in [0.2, 0.25) is 0 Å². The number of fused-ring (bicyclic) bond motifs is 1. The molecule has 2 atom stereocenters. The van der Waals surface area contributed by atoms with Crippen LogP contribution in [0.4, 0.5) is 31.1 Å². The van der Waals surface area contributed by atoms with Gasteiger partial charge in [0.15, 0.2) is 11.2 Å². The fourth-order valence-corrected chi connectivity index (χ4v) is 3.32. The van der Waals surface area contributed by atoms with Crippen LogP contribution in [0.15, 0.2) is 18.5 Å². The number of carbonyl (C=O) groups excluding carboxylic acids is 1. The average molecular weight is 466 g/mol. The molecule has 0 spiro atoms. The summed E-state index contributed by atoms with van der Waals surface area (Å²) >= 11 is 0. The third-order valence-corrected chi connectivity index (χ3v) is 5.80. The van der Waals surface area contributed by atoms with Gasteiger partial charge in [0.25, 0.3) is 0 Å². The van der Waals surface area contributed by atoms with Crippen molar-refractivity contribution in [1.29, 1.82) is 0 Å². The fourth-order valence-electron chi connectivity index (χ4n) is 3.32. The van der Waals surface area contributed by atoms with E-state index in [-0.39, 0.29) is 19.4 Å². The molecule has 0 radical (unpaired) electrons. The Kier molecular flexibility index (Phi) is 5.86. The number of nitrogens with one attached hydrogen (secondary N) is 1. The zero-order valence-corrected chi connectivity index (χ0v) is 17.7. The van der Waals surface area contributed by atoms with E-state index in [1.165, 1.54) is 16.9 Å². The molecule has 0 unspecified atom stereocenters. The number of alkyl halides is 6. The van der Waals surface area contributed by atoms with Gasteiger partial charge in [-0.3, -0.25) is 0 Å². The highest BCUT2D eigenvalue weighted by atomic mass is 19.4. The number of halogens is 6. The predicted octanol–water partition coefficient (Wildman–Crippen LogP) is 3.94. The summed E-state index contributed by atoms with van der Waals surface area (Å²) in [6.07, 6.45) is -6.22. The van der Waals surface area contributed by atoms with Crippen molar-refractivity contribution in [2.24, 2.45) is 11.1 Å². The van der Waals surface area contributed by atoms with E-state index >= 15 is 0 Å². The molecule has 32 heavy (non-hydrogen) atoms. The molecular weight excluding hydrogens is 442 g/mol. The molecule has 1 aliphatic heterocycles. The van der Waals surface area contributed by atoms with Gasteiger partial charge in [-0.25, -0.2) is 14.3 Å². The summed E-state index contributed by atoms with van der Waals surface area (Å²) in [6, 6.07) is -0.0546. The third-order valence-electron chi connectivity index (χ3n) is 5.80. The first-order valence-corrected chi connectivity index (χ1v) is 9.83. The van der Waals surface area contributed by atoms with E-state index in [2.05, 4.69) is 10.1 Å². The van der Waals surface area contributed by atoms with Crippen LogP contribution in [-0.4, -0.2) is 50.0 Å². The lowest BCUT2D eigenvalue weighted by molar-refractivity contribution is -0.214. The van der Waals surface area contributed by atoms with E-state index in [1.807, 2.05) is 5.32 Å². The molecule has 1 saturated heterocycles. The number of aromatic nitrogens is 3. The van der Waals surface area contributed by atoms with E-state index in [0.29, 0.717) is 16.9 Å². The number of imidazole rings is 1. The highest BCUT2D eigenvalue weighted by Gasteiger charge is 2.57. The number of rotatable bonds is 6. The van der Waals surface area contributed by atoms with Crippen LogP contribution < -0.4 is 11.1 Å². The van der Waals surface area contributed by atoms with Gasteiger partial charge in [0.05, 0.1) is 30.0 Å². The lowest BCUT2D eigenvalue weighted by Gasteiger charge is -2.28. The van der Waals surface area contributed by atoms with E-state index in [9.17, 15) is 31.1 Å². The van der Waals surface area contributed by atoms with E-state index < -0.39 is 41.9 Å². The predicted molar refractivity (Wildman–Crippen MR) is 102 cm³/mol. The minimum atomic E-state index is -4.60. The van der Waals surface area contributed by atoms with Crippen LogP contribution >= 0.6 is 0 Å². The molecule has 0 saturated carbocycles. The second-order valence-electron chi connectivity index (χ2n) is 8.98. The summed E-state index contributed by atoms with van der Waals surface area (Å²) in [6.45, 7) is 2.45. The minimum absolute atomic E-state index is 0.0488. The van der Waals surface area contributed by atoms with Gasteiger partial charge in [-0.05, 0) is 31.4 Å². The zero-order valence-electron chi connectivity index (χ0n) is 17.7. The number of nitrogens with two attached hydrogens (primary N) is 1. The molecule has 7 nitrogen and oxygen atoms in total. The second-order valence-corrected chi connectivity index (χ2v) is 8.98. The van der Waals surface area contributed by atoms with Crippen molar-refractivity contribution in [3.63, 3.8) is 0 Å². The first-order chi connectivity index (χ1) is 14.5. The van der Waals surface area contributed by atoms with Crippen LogP contribution in [0.5, 0.6) is 0 Å². The summed E-state index contributed by atoms with van der Waals surface area (Å²) in [4.78, 5) is 17.3. The van der Waals surface area contributed by atoms with Crippen molar-refractivity contribution in [2.75, 3.05) is 6.54 Å². The summed E-state index contributed by atoms with van der Waals surface area (Å²) in [5.74, 6) is 0. The van der Waals surface area contributed by atoms with Gasteiger partial charge in [0.1, 0.15) is 0 Å². The van der Waals surface area contributed by atoms with Gasteiger partial charge in [-0.15, -0.1) is 0 Å². The van der Waals surface area contributed by atoms with Crippen LogP contribution in [0.3, 0.4) is 0 Å². The van der Waals surface area contributed by atoms with Crippen LogP contribution in [0.25, 0.3) is 5.65 Å². The van der Waals surface area contributed by atoms with Crippen LogP contribution in [0.1, 0.15) is 50.9 Å². The Morgan fingerprint density at radius 1 is 1.25 bits per heavy atom. The molecule has 0 aromatic carbocycles. The van der Waals surface area contributed by atoms with Crippen molar-refractivity contribution in [2.45, 2.75) is 64.1 Å². The SMILES string of the molecule is CC(C)(CC[C@H](N)c1cn2ncc(CN3C[C@@](C)(C(F)(F)F)NC3=O)cc2n1)C(F)(F)F. The number of nitrogens with zero attached hydrogens (tertiary/aromatic N) is 4. The number of carbonyl (C=O) groups is 1. The number of amides is 2. The monoisotopic (exact) mass is 466 g/mol. The smallest absolute Gasteiger partial charge is 0.323 e. The zero-order chi connectivity index (χ0) is 24.1. The molecule has 1 aliphatic rings. The molecule has 13 heteroatoms. The van der Waals surface area contributed by atoms with Gasteiger partial charge >= 0.3 is 18.4 Å². The molecule has 3 N–H and O–H groups in total. The lowest BCUT2D eigenvalue weighted by atomic mass is 9.85. The normalized spacial score (nSPS) is 21.3. The topological polar surface area (TPSA) is 88.5 Å². The number of hydrogen-bond acceptors (Lipinski definition) is 4. The Labute approximate surface area is 180 Å². The highest BCUT2D eigenvalue weighted by molar-refractivity contribution is 5.78. The maximum Gasteiger partial charge on any atom is 0.413 e. The maximum absolute atomic E-state index is 13.2. The van der Waals surface area contributed by atoms with E-state index in [1.54, 1.807) is 6.07 Å². The molecule has 0 aliphatic carbocycles. The number of urea groups is 1. The first-order valence-electron chi connectivity index (χ1n) is 9.83. The Balaban J connectivity index is 1.71. The highest BCUT2D eigenvalue weighted by Crippen LogP contribution is 2.42. The van der Waals surface area contributed by atoms with E-state index in [0.717, 1.165) is 25.7 Å². The van der Waals surface area contributed by atoms with Crippen molar-refractivity contribution >= 4 is 11.7 Å². The molecular formula is C19H24F6N6O. The minimum Gasteiger partial charge on any atom is -0.323 e. The number of hydrogen-bond donors (Lipinski definition) is 2. The second kappa shape index (κ2) is 7.78. The molecule has 2 aromatic heterocycles. The molecule has 3 rings (SSSR count). The maximum atomic E-state index is 13.2. The van der Waals surface area contributed by atoms with Crippen molar-refractivity contribution in [1.82, 2.24) is 24.8 Å². The Hall–Kier alpha value is -2.57. The van der Waals surface area contributed by atoms with Crippen molar-refractivity contribution in [3.05, 3.63) is 29.7 Å². The Bertz CT molecular complexity index is 1000. The summed E-state index contributed by atoms with van der Waals surface area (Å²) in [5.41, 5.74) is 2.90. The average Bonchev–Trinajstić information content (AvgIpc) is 3.19. The Morgan fingerprint density at radius 2 is 1.91 bits per heavy atom. The standard InChI is InChI=1S/C19H24F6N6O/c1-16(2,18(20,21)22)5-4-12(26)13-9-31-14(28-13)6-11(7-27-31)8-30-10-17(3,19(23,24)25)29-15(30)32/h6-7,9,12H,4-5,8,10,26H2,1-3H3,(H,29,32)/t12-,17-/m0/s1. The van der Waals surface area contributed by atoms with Crippen molar-refractivity contribution in [3.8, 4) is 0 Å². The summed E-state index contributed by atoms with van der Waals surface area (Å²) < 4.78 is 80.0. The van der Waals surface area contributed by atoms with Crippen LogP contribution in [-0.2, 0) is 6.54 Å². The van der Waals surface area contributed by atoms with Gasteiger partial charge in [-0.2, -0.15) is 31.4 Å². The molecule has 0 bridgehead atoms. The van der Waals surface area contributed by atoms with Gasteiger partial charge < -0.3 is 16.0 Å². The lowest BCUT2D eigenvalue weighted by Crippen LogP contribution is -2.53. The van der Waals surface area contributed by atoms with Gasteiger partial charge in [-0.1, -0.05) is 13.8 Å². The fraction of sp³-hybridized carbons (Fsp3) is 0.632. The summed E-state index contributed by atoms with van der Waals surface area (Å²) in [5, 5.41) is 6.08. The van der Waals surface area contributed by atoms with Gasteiger partial charge in [0.2, 0.25) is 0 Å². The molecule has 2 aromatic rings. The summed E-state index contributed by atoms with van der Waals surface area (Å²) in [7, 11) is 0. The quantitative estimate of drug-likeness (QED) is 0.632. The van der Waals surface area contributed by atoms with Gasteiger partial charge in [0, 0.05) is 12.6 Å². The largest absolute Gasteiger partial charge is 0.413 e. The Morgan fingerprint density at radius 3 is 2.47 bits per heavy atom. The van der Waals surface area contributed by atoms with E-state index in [4.69, 9.17) is 5.73 Å². The molecule has 1 fully saturated rings. The third kappa shape index (κ3) is 4.62. The molecule has 3 heterocycles. The van der Waals surface area contributed by atoms with Crippen molar-refractivity contribution < 1.29 is 31.1 Å². The van der Waals surface area contributed by atoms with Crippen LogP contribution in [0, 0.1) is 5.41 Å². The first kappa shape index (κ1) is 24.1. The molecule has 178 valence electrons. The molecule has 2 amide bonds.